The number of nitrogens with one attached hydrogen (secondary N) is 1. The van der Waals surface area contributed by atoms with Gasteiger partial charge in [0.05, 0.1) is 17.9 Å². The van der Waals surface area contributed by atoms with Crippen LogP contribution in [0.5, 0.6) is 0 Å². The Morgan fingerprint density at radius 3 is 2.28 bits per heavy atom. The molecule has 3 amide bonds. The van der Waals surface area contributed by atoms with E-state index < -0.39 is 0 Å². The number of hydrogen-bond acceptors (Lipinski definition) is 3. The van der Waals surface area contributed by atoms with Crippen LogP contribution in [0.1, 0.15) is 37.8 Å². The number of imide groups is 1. The second-order valence-electron chi connectivity index (χ2n) is 6.57. The van der Waals surface area contributed by atoms with Crippen molar-refractivity contribution in [1.29, 1.82) is 0 Å². The van der Waals surface area contributed by atoms with Crippen LogP contribution in [-0.4, -0.2) is 29.2 Å². The summed E-state index contributed by atoms with van der Waals surface area (Å²) in [7, 11) is 0. The molecule has 1 aromatic carbocycles. The van der Waals surface area contributed by atoms with Gasteiger partial charge in [0.1, 0.15) is 0 Å². The summed E-state index contributed by atoms with van der Waals surface area (Å²) in [6.07, 6.45) is 5.26. The number of likely N-dealkylation sites (tertiary alicyclic amines) is 1. The lowest BCUT2D eigenvalue weighted by Crippen LogP contribution is -2.36. The molecule has 25 heavy (non-hydrogen) atoms. The van der Waals surface area contributed by atoms with E-state index in [9.17, 15) is 14.4 Å². The summed E-state index contributed by atoms with van der Waals surface area (Å²) >= 11 is 5.86. The van der Waals surface area contributed by atoms with Crippen molar-refractivity contribution in [3.05, 3.63) is 47.0 Å². The zero-order valence-electron chi connectivity index (χ0n) is 14.1. The molecule has 3 rings (SSSR count). The van der Waals surface area contributed by atoms with E-state index in [1.54, 1.807) is 12.1 Å². The van der Waals surface area contributed by atoms with Crippen LogP contribution in [0.15, 0.2) is 36.4 Å². The number of carbonyl (C=O) groups is 3. The number of halogens is 1. The summed E-state index contributed by atoms with van der Waals surface area (Å²) in [5.41, 5.74) is 0.947. The summed E-state index contributed by atoms with van der Waals surface area (Å²) < 4.78 is 0. The number of nitrogens with zero attached hydrogens (tertiary/aromatic N) is 1. The van der Waals surface area contributed by atoms with Crippen molar-refractivity contribution >= 4 is 29.3 Å². The first-order valence-electron chi connectivity index (χ1n) is 8.52. The van der Waals surface area contributed by atoms with Crippen molar-refractivity contribution in [3.8, 4) is 0 Å². The van der Waals surface area contributed by atoms with Crippen molar-refractivity contribution in [3.63, 3.8) is 0 Å². The van der Waals surface area contributed by atoms with Crippen molar-refractivity contribution in [2.24, 2.45) is 11.8 Å². The number of hydrogen-bond donors (Lipinski definition) is 1. The summed E-state index contributed by atoms with van der Waals surface area (Å²) in [4.78, 5) is 38.2. The van der Waals surface area contributed by atoms with Gasteiger partial charge in [-0.25, -0.2) is 0 Å². The van der Waals surface area contributed by atoms with E-state index in [0.29, 0.717) is 17.9 Å². The molecule has 0 aromatic heterocycles. The fourth-order valence-corrected chi connectivity index (χ4v) is 3.58. The van der Waals surface area contributed by atoms with Crippen LogP contribution in [0, 0.1) is 11.8 Å². The molecule has 1 N–H and O–H groups in total. The van der Waals surface area contributed by atoms with E-state index in [0.717, 1.165) is 5.56 Å². The number of amides is 3. The SMILES string of the molecule is CC(NC(=O)CCN1C(=O)C2CC=CCC2C1=O)c1ccc(Cl)cc1. The van der Waals surface area contributed by atoms with Gasteiger partial charge in [-0.05, 0) is 37.5 Å². The van der Waals surface area contributed by atoms with E-state index in [-0.39, 0.29) is 48.6 Å². The highest BCUT2D eigenvalue weighted by molar-refractivity contribution is 6.30. The lowest BCUT2D eigenvalue weighted by atomic mass is 9.85. The lowest BCUT2D eigenvalue weighted by Gasteiger charge is -2.17. The van der Waals surface area contributed by atoms with E-state index in [2.05, 4.69) is 5.32 Å². The smallest absolute Gasteiger partial charge is 0.233 e. The monoisotopic (exact) mass is 360 g/mol. The highest BCUT2D eigenvalue weighted by Crippen LogP contribution is 2.35. The second-order valence-corrected chi connectivity index (χ2v) is 7.01. The van der Waals surface area contributed by atoms with Crippen molar-refractivity contribution in [2.75, 3.05) is 6.54 Å². The van der Waals surface area contributed by atoms with Gasteiger partial charge < -0.3 is 5.32 Å². The van der Waals surface area contributed by atoms with Gasteiger partial charge in [-0.2, -0.15) is 0 Å². The summed E-state index contributed by atoms with van der Waals surface area (Å²) in [5.74, 6) is -0.950. The van der Waals surface area contributed by atoms with Crippen LogP contribution in [-0.2, 0) is 14.4 Å². The van der Waals surface area contributed by atoms with Gasteiger partial charge in [-0.3, -0.25) is 19.3 Å². The second kappa shape index (κ2) is 7.40. The highest BCUT2D eigenvalue weighted by Gasteiger charge is 2.46. The number of rotatable bonds is 5. The van der Waals surface area contributed by atoms with Gasteiger partial charge >= 0.3 is 0 Å². The average Bonchev–Trinajstić information content (AvgIpc) is 2.85. The number of allylic oxidation sites excluding steroid dienone is 2. The van der Waals surface area contributed by atoms with Crippen molar-refractivity contribution in [1.82, 2.24) is 10.2 Å². The van der Waals surface area contributed by atoms with E-state index in [4.69, 9.17) is 11.6 Å². The predicted molar refractivity (Wildman–Crippen MR) is 94.7 cm³/mol. The topological polar surface area (TPSA) is 66.5 Å². The molecule has 3 unspecified atom stereocenters. The van der Waals surface area contributed by atoms with E-state index in [1.165, 1.54) is 4.90 Å². The summed E-state index contributed by atoms with van der Waals surface area (Å²) in [6.45, 7) is 2.03. The molecule has 0 saturated carbocycles. The predicted octanol–water partition coefficient (Wildman–Crippen LogP) is 2.86. The first-order valence-corrected chi connectivity index (χ1v) is 8.90. The standard InChI is InChI=1S/C19H21ClN2O3/c1-12(13-6-8-14(20)9-7-13)21-17(23)10-11-22-18(24)15-4-2-3-5-16(15)19(22)25/h2-3,6-9,12,15-16H,4-5,10-11H2,1H3,(H,21,23). The Bertz CT molecular complexity index is 688. The number of benzene rings is 1. The Balaban J connectivity index is 1.53. The van der Waals surface area contributed by atoms with Crippen molar-refractivity contribution in [2.45, 2.75) is 32.2 Å². The van der Waals surface area contributed by atoms with Crippen LogP contribution in [0.2, 0.25) is 5.02 Å². The molecule has 3 atom stereocenters. The van der Waals surface area contributed by atoms with Gasteiger partial charge in [-0.1, -0.05) is 35.9 Å². The first kappa shape index (κ1) is 17.7. The molecule has 1 saturated heterocycles. The summed E-state index contributed by atoms with van der Waals surface area (Å²) in [5, 5.41) is 3.53. The fraction of sp³-hybridized carbons (Fsp3) is 0.421. The molecule has 1 fully saturated rings. The molecule has 1 aliphatic carbocycles. The Morgan fingerprint density at radius 2 is 1.72 bits per heavy atom. The maximum atomic E-state index is 12.4. The third kappa shape index (κ3) is 3.76. The molecule has 0 spiro atoms. The normalized spacial score (nSPS) is 23.5. The maximum absolute atomic E-state index is 12.4. The highest BCUT2D eigenvalue weighted by atomic mass is 35.5. The Kier molecular flexibility index (Phi) is 5.23. The quantitative estimate of drug-likeness (QED) is 0.648. The van der Waals surface area contributed by atoms with Gasteiger partial charge in [-0.15, -0.1) is 0 Å². The molecule has 132 valence electrons. The Morgan fingerprint density at radius 1 is 1.16 bits per heavy atom. The van der Waals surface area contributed by atoms with Crippen molar-refractivity contribution < 1.29 is 14.4 Å². The molecular formula is C19H21ClN2O3. The largest absolute Gasteiger partial charge is 0.350 e. The third-order valence-electron chi connectivity index (χ3n) is 4.91. The minimum Gasteiger partial charge on any atom is -0.350 e. The first-order chi connectivity index (χ1) is 12.0. The molecule has 1 heterocycles. The number of fused-ring (bicyclic) bond motifs is 1. The zero-order valence-corrected chi connectivity index (χ0v) is 14.8. The fourth-order valence-electron chi connectivity index (χ4n) is 3.45. The minimum absolute atomic E-state index is 0.113. The zero-order chi connectivity index (χ0) is 18.0. The van der Waals surface area contributed by atoms with Gasteiger partial charge in [0.15, 0.2) is 0 Å². The average molecular weight is 361 g/mol. The Labute approximate surface area is 152 Å². The molecule has 6 heteroatoms. The lowest BCUT2D eigenvalue weighted by molar-refractivity contribution is -0.140. The summed E-state index contributed by atoms with van der Waals surface area (Å²) in [6, 6.07) is 7.10. The number of carbonyl (C=O) groups excluding carboxylic acids is 3. The molecule has 5 nitrogen and oxygen atoms in total. The minimum atomic E-state index is -0.242. The van der Waals surface area contributed by atoms with E-state index in [1.807, 2.05) is 31.2 Å². The molecule has 1 aliphatic heterocycles. The van der Waals surface area contributed by atoms with Gasteiger partial charge in [0, 0.05) is 18.0 Å². The van der Waals surface area contributed by atoms with Gasteiger partial charge in [0.2, 0.25) is 17.7 Å². The third-order valence-corrected chi connectivity index (χ3v) is 5.16. The van der Waals surface area contributed by atoms with Gasteiger partial charge in [0.25, 0.3) is 0 Å². The van der Waals surface area contributed by atoms with Crippen LogP contribution < -0.4 is 5.32 Å². The molecular weight excluding hydrogens is 340 g/mol. The van der Waals surface area contributed by atoms with Crippen LogP contribution in [0.4, 0.5) is 0 Å². The van der Waals surface area contributed by atoms with E-state index >= 15 is 0 Å². The maximum Gasteiger partial charge on any atom is 0.233 e. The molecule has 0 bridgehead atoms. The molecule has 1 aromatic rings. The van der Waals surface area contributed by atoms with Crippen LogP contribution in [0.3, 0.4) is 0 Å². The molecule has 2 aliphatic rings. The molecule has 0 radical (unpaired) electrons. The van der Waals surface area contributed by atoms with Crippen LogP contribution in [0.25, 0.3) is 0 Å². The Hall–Kier alpha value is -2.14. The van der Waals surface area contributed by atoms with Crippen LogP contribution >= 0.6 is 11.6 Å².